The molecule has 1 aliphatic rings. The second-order valence-corrected chi connectivity index (χ2v) is 6.57. The first kappa shape index (κ1) is 15.8. The summed E-state index contributed by atoms with van der Waals surface area (Å²) in [5, 5.41) is 0.992. The second-order valence-electron chi connectivity index (χ2n) is 6.57. The number of methoxy groups -OCH3 is 1. The number of nitrogens with zero attached hydrogens (tertiary/aromatic N) is 2. The van der Waals surface area contributed by atoms with Gasteiger partial charge in [-0.25, -0.2) is 0 Å². The van der Waals surface area contributed by atoms with Crippen LogP contribution in [0.3, 0.4) is 0 Å². The lowest BCUT2D eigenvalue weighted by Gasteiger charge is -2.21. The van der Waals surface area contributed by atoms with Crippen LogP contribution in [-0.2, 0) is 13.1 Å². The van der Waals surface area contributed by atoms with Crippen molar-refractivity contribution in [1.82, 2.24) is 14.9 Å². The highest BCUT2D eigenvalue weighted by atomic mass is 16.5. The molecule has 3 aromatic rings. The van der Waals surface area contributed by atoms with Crippen LogP contribution in [0.25, 0.3) is 10.9 Å². The van der Waals surface area contributed by atoms with Gasteiger partial charge in [-0.3, -0.25) is 14.7 Å². The van der Waals surface area contributed by atoms with Crippen molar-refractivity contribution in [3.63, 3.8) is 0 Å². The summed E-state index contributed by atoms with van der Waals surface area (Å²) in [6, 6.07) is 12.3. The molecule has 2 aromatic heterocycles. The average molecular weight is 335 g/mol. The zero-order valence-corrected chi connectivity index (χ0v) is 14.2. The van der Waals surface area contributed by atoms with Crippen LogP contribution in [0.2, 0.25) is 0 Å². The van der Waals surface area contributed by atoms with Gasteiger partial charge in [0.05, 0.1) is 7.11 Å². The van der Waals surface area contributed by atoms with Crippen LogP contribution in [0.15, 0.2) is 53.6 Å². The molecule has 0 radical (unpaired) electrons. The number of hydrogen-bond donors (Lipinski definition) is 1. The standard InChI is InChI=1S/C20H21N3O2/c1-25-18-6-7-19-15(10-18)9-16(20(24)22-19)13-23(17-4-5-17)12-14-3-2-8-21-11-14/h2-3,6-11,17H,4-5,12-13H2,1H3,(H,22,24). The molecule has 25 heavy (non-hydrogen) atoms. The molecule has 0 spiro atoms. The first-order chi connectivity index (χ1) is 12.2. The number of ether oxygens (including phenoxy) is 1. The van der Waals surface area contributed by atoms with Gasteiger partial charge in [0, 0.05) is 48.0 Å². The molecular weight excluding hydrogens is 314 g/mol. The number of nitrogens with one attached hydrogen (secondary N) is 1. The second kappa shape index (κ2) is 6.69. The van der Waals surface area contributed by atoms with Crippen molar-refractivity contribution in [2.45, 2.75) is 32.0 Å². The number of aromatic amines is 1. The number of rotatable bonds is 6. The van der Waals surface area contributed by atoms with E-state index in [0.29, 0.717) is 12.6 Å². The number of pyridine rings is 2. The van der Waals surface area contributed by atoms with Gasteiger partial charge in [-0.15, -0.1) is 0 Å². The highest BCUT2D eigenvalue weighted by molar-refractivity contribution is 5.80. The molecule has 5 nitrogen and oxygen atoms in total. The van der Waals surface area contributed by atoms with Crippen molar-refractivity contribution in [2.24, 2.45) is 0 Å². The normalized spacial score (nSPS) is 14.2. The quantitative estimate of drug-likeness (QED) is 0.752. The van der Waals surface area contributed by atoms with Gasteiger partial charge < -0.3 is 9.72 Å². The Bertz CT molecular complexity index is 933. The van der Waals surface area contributed by atoms with E-state index in [1.807, 2.05) is 36.5 Å². The van der Waals surface area contributed by atoms with Crippen LogP contribution in [-0.4, -0.2) is 28.0 Å². The molecular formula is C20H21N3O2. The summed E-state index contributed by atoms with van der Waals surface area (Å²) in [6.45, 7) is 1.45. The van der Waals surface area contributed by atoms with Gasteiger partial charge in [0.25, 0.3) is 5.56 Å². The maximum atomic E-state index is 12.5. The Morgan fingerprint density at radius 1 is 1.24 bits per heavy atom. The van der Waals surface area contributed by atoms with E-state index in [0.717, 1.165) is 28.8 Å². The molecule has 128 valence electrons. The Balaban J connectivity index is 1.63. The summed E-state index contributed by atoms with van der Waals surface area (Å²) in [4.78, 5) is 22.0. The molecule has 1 aromatic carbocycles. The van der Waals surface area contributed by atoms with Crippen molar-refractivity contribution in [3.8, 4) is 5.75 Å². The van der Waals surface area contributed by atoms with Crippen LogP contribution in [0.1, 0.15) is 24.0 Å². The lowest BCUT2D eigenvalue weighted by atomic mass is 10.1. The molecule has 1 N–H and O–H groups in total. The fourth-order valence-electron chi connectivity index (χ4n) is 3.17. The van der Waals surface area contributed by atoms with Crippen LogP contribution in [0.5, 0.6) is 5.75 Å². The lowest BCUT2D eigenvalue weighted by molar-refractivity contribution is 0.244. The summed E-state index contributed by atoms with van der Waals surface area (Å²) in [5.74, 6) is 0.792. The lowest BCUT2D eigenvalue weighted by Crippen LogP contribution is -2.28. The Morgan fingerprint density at radius 2 is 2.12 bits per heavy atom. The largest absolute Gasteiger partial charge is 0.497 e. The van der Waals surface area contributed by atoms with Crippen LogP contribution in [0.4, 0.5) is 0 Å². The van der Waals surface area contributed by atoms with Crippen molar-refractivity contribution in [2.75, 3.05) is 7.11 Å². The predicted octanol–water partition coefficient (Wildman–Crippen LogP) is 3.10. The van der Waals surface area contributed by atoms with Crippen LogP contribution < -0.4 is 10.3 Å². The van der Waals surface area contributed by atoms with Gasteiger partial charge in [-0.05, 0) is 48.7 Å². The number of hydrogen-bond acceptors (Lipinski definition) is 4. The van der Waals surface area contributed by atoms with Gasteiger partial charge in [0.2, 0.25) is 0 Å². The van der Waals surface area contributed by atoms with Gasteiger partial charge in [0.15, 0.2) is 0 Å². The molecule has 4 rings (SSSR count). The molecule has 0 amide bonds. The van der Waals surface area contributed by atoms with Gasteiger partial charge >= 0.3 is 0 Å². The van der Waals surface area contributed by atoms with Crippen LogP contribution in [0, 0.1) is 0 Å². The SMILES string of the molecule is COc1ccc2[nH]c(=O)c(CN(Cc3cccnc3)C3CC3)cc2c1. The van der Waals surface area contributed by atoms with Crippen LogP contribution >= 0.6 is 0 Å². The maximum absolute atomic E-state index is 12.5. The summed E-state index contributed by atoms with van der Waals surface area (Å²) in [6.07, 6.45) is 6.07. The van der Waals surface area contributed by atoms with Gasteiger partial charge in [-0.2, -0.15) is 0 Å². The van der Waals surface area contributed by atoms with E-state index in [9.17, 15) is 4.79 Å². The first-order valence-corrected chi connectivity index (χ1v) is 8.56. The van der Waals surface area contributed by atoms with Crippen molar-refractivity contribution < 1.29 is 4.74 Å². The summed E-state index contributed by atoms with van der Waals surface area (Å²) >= 11 is 0. The Hall–Kier alpha value is -2.66. The summed E-state index contributed by atoms with van der Waals surface area (Å²) < 4.78 is 5.29. The summed E-state index contributed by atoms with van der Waals surface area (Å²) in [7, 11) is 1.65. The Labute approximate surface area is 146 Å². The fourth-order valence-corrected chi connectivity index (χ4v) is 3.17. The number of fused-ring (bicyclic) bond motifs is 1. The molecule has 0 bridgehead atoms. The van der Waals surface area contributed by atoms with E-state index in [1.165, 1.54) is 18.4 Å². The van der Waals surface area contributed by atoms with Crippen molar-refractivity contribution in [1.29, 1.82) is 0 Å². The topological polar surface area (TPSA) is 58.2 Å². The fraction of sp³-hybridized carbons (Fsp3) is 0.300. The Kier molecular flexibility index (Phi) is 4.24. The minimum atomic E-state index is -0.0190. The summed E-state index contributed by atoms with van der Waals surface area (Å²) in [5.41, 5.74) is 2.78. The molecule has 0 saturated heterocycles. The third kappa shape index (κ3) is 3.56. The van der Waals surface area contributed by atoms with E-state index in [1.54, 1.807) is 13.3 Å². The molecule has 1 aliphatic carbocycles. The van der Waals surface area contributed by atoms with E-state index < -0.39 is 0 Å². The zero-order valence-electron chi connectivity index (χ0n) is 14.2. The minimum Gasteiger partial charge on any atom is -0.497 e. The van der Waals surface area contributed by atoms with E-state index >= 15 is 0 Å². The number of aromatic nitrogens is 2. The van der Waals surface area contributed by atoms with Gasteiger partial charge in [0.1, 0.15) is 5.75 Å². The molecule has 5 heteroatoms. The third-order valence-electron chi connectivity index (χ3n) is 4.67. The highest BCUT2D eigenvalue weighted by Gasteiger charge is 2.29. The monoisotopic (exact) mass is 335 g/mol. The minimum absolute atomic E-state index is 0.0190. The molecule has 1 saturated carbocycles. The Morgan fingerprint density at radius 3 is 2.84 bits per heavy atom. The van der Waals surface area contributed by atoms with E-state index in [2.05, 4.69) is 20.9 Å². The molecule has 2 heterocycles. The predicted molar refractivity (Wildman–Crippen MR) is 97.6 cm³/mol. The number of H-pyrrole nitrogens is 1. The third-order valence-corrected chi connectivity index (χ3v) is 4.67. The molecule has 1 fully saturated rings. The molecule has 0 unspecified atom stereocenters. The zero-order chi connectivity index (χ0) is 17.2. The van der Waals surface area contributed by atoms with E-state index in [-0.39, 0.29) is 5.56 Å². The van der Waals surface area contributed by atoms with Gasteiger partial charge in [-0.1, -0.05) is 6.07 Å². The first-order valence-electron chi connectivity index (χ1n) is 8.56. The van der Waals surface area contributed by atoms with Crippen molar-refractivity contribution >= 4 is 10.9 Å². The number of benzene rings is 1. The van der Waals surface area contributed by atoms with Crippen molar-refractivity contribution in [3.05, 3.63) is 70.3 Å². The maximum Gasteiger partial charge on any atom is 0.252 e. The molecule has 0 atom stereocenters. The smallest absolute Gasteiger partial charge is 0.252 e. The molecule has 0 aliphatic heterocycles. The average Bonchev–Trinajstić information content (AvgIpc) is 3.47. The van der Waals surface area contributed by atoms with E-state index in [4.69, 9.17) is 4.74 Å². The highest BCUT2D eigenvalue weighted by Crippen LogP contribution is 2.29.